The molecule has 1 aliphatic rings. The molecule has 5 heteroatoms. The Balaban J connectivity index is 2.25. The van der Waals surface area contributed by atoms with Crippen molar-refractivity contribution in [2.24, 2.45) is 5.41 Å². The lowest BCUT2D eigenvalue weighted by molar-refractivity contribution is -0.128. The molecule has 0 saturated carbocycles. The zero-order valence-electron chi connectivity index (χ0n) is 13.0. The Hall–Kier alpha value is -1.62. The Kier molecular flexibility index (Phi) is 4.83. The average Bonchev–Trinajstić information content (AvgIpc) is 2.87. The molecular weight excluding hydrogens is 269 g/mol. The topological polar surface area (TPSA) is 44.4 Å². The third-order valence-electron chi connectivity index (χ3n) is 4.20. The van der Waals surface area contributed by atoms with Crippen molar-refractivity contribution >= 4 is 11.6 Å². The van der Waals surface area contributed by atoms with Gasteiger partial charge in [-0.2, -0.15) is 0 Å². The Bertz CT molecular complexity index is 520. The summed E-state index contributed by atoms with van der Waals surface area (Å²) < 4.78 is 14.3. The predicted octanol–water partition coefficient (Wildman–Crippen LogP) is 1.90. The first-order valence-corrected chi connectivity index (χ1v) is 7.47. The number of amides is 1. The highest BCUT2D eigenvalue weighted by atomic mass is 19.1. The molecule has 1 heterocycles. The molecule has 2 rings (SSSR count). The summed E-state index contributed by atoms with van der Waals surface area (Å²) in [6, 6.07) is 5.16. The molecule has 1 amide bonds. The summed E-state index contributed by atoms with van der Waals surface area (Å²) in [7, 11) is 1.65. The van der Waals surface area contributed by atoms with Gasteiger partial charge in [0.1, 0.15) is 5.82 Å². The summed E-state index contributed by atoms with van der Waals surface area (Å²) in [6.45, 7) is 6.69. The molecule has 1 aromatic rings. The van der Waals surface area contributed by atoms with Crippen LogP contribution in [0.2, 0.25) is 0 Å². The second-order valence-electron chi connectivity index (χ2n) is 5.84. The quantitative estimate of drug-likeness (QED) is 0.871. The first-order valence-electron chi connectivity index (χ1n) is 7.47. The number of para-hydroxylation sites is 1. The Morgan fingerprint density at radius 2 is 2.24 bits per heavy atom. The van der Waals surface area contributed by atoms with Crippen LogP contribution in [0, 0.1) is 11.2 Å². The van der Waals surface area contributed by atoms with Crippen molar-refractivity contribution in [3.05, 3.63) is 29.6 Å². The highest BCUT2D eigenvalue weighted by molar-refractivity contribution is 5.83. The predicted molar refractivity (Wildman–Crippen MR) is 82.8 cm³/mol. The van der Waals surface area contributed by atoms with Gasteiger partial charge in [0.15, 0.2) is 0 Å². The highest BCUT2D eigenvalue weighted by Gasteiger charge is 2.40. The van der Waals surface area contributed by atoms with Crippen LogP contribution >= 0.6 is 0 Å². The molecule has 0 aliphatic carbocycles. The summed E-state index contributed by atoms with van der Waals surface area (Å²) in [5, 5.41) is 5.95. The average molecular weight is 293 g/mol. The fourth-order valence-electron chi connectivity index (χ4n) is 2.96. The molecule has 1 atom stereocenters. The Labute approximate surface area is 125 Å². The van der Waals surface area contributed by atoms with Crippen LogP contribution in [0.15, 0.2) is 18.2 Å². The van der Waals surface area contributed by atoms with Gasteiger partial charge in [0.2, 0.25) is 5.91 Å². The van der Waals surface area contributed by atoms with E-state index >= 15 is 0 Å². The molecule has 1 aliphatic heterocycles. The molecule has 1 aromatic carbocycles. The maximum atomic E-state index is 14.3. The molecule has 1 unspecified atom stereocenters. The van der Waals surface area contributed by atoms with Crippen LogP contribution in [0.1, 0.15) is 25.8 Å². The van der Waals surface area contributed by atoms with Crippen LogP contribution in [-0.4, -0.2) is 32.6 Å². The number of nitrogens with one attached hydrogen (secondary N) is 2. The van der Waals surface area contributed by atoms with E-state index in [1.165, 1.54) is 6.07 Å². The Morgan fingerprint density at radius 1 is 1.48 bits per heavy atom. The zero-order chi connectivity index (χ0) is 15.5. The Morgan fingerprint density at radius 3 is 2.90 bits per heavy atom. The second-order valence-corrected chi connectivity index (χ2v) is 5.84. The number of carbonyl (C=O) groups is 1. The number of hydrogen-bond acceptors (Lipinski definition) is 3. The number of nitrogens with zero attached hydrogens (tertiary/aromatic N) is 1. The molecule has 4 nitrogen and oxygen atoms in total. The molecule has 116 valence electrons. The van der Waals surface area contributed by atoms with Gasteiger partial charge in [0.25, 0.3) is 0 Å². The molecule has 1 fully saturated rings. The number of halogens is 1. The minimum Gasteiger partial charge on any atom is -0.368 e. The van der Waals surface area contributed by atoms with Gasteiger partial charge in [-0.25, -0.2) is 4.39 Å². The summed E-state index contributed by atoms with van der Waals surface area (Å²) in [5.74, 6) is -0.193. The molecule has 1 saturated heterocycles. The van der Waals surface area contributed by atoms with E-state index in [9.17, 15) is 9.18 Å². The van der Waals surface area contributed by atoms with Gasteiger partial charge in [0, 0.05) is 26.7 Å². The molecule has 21 heavy (non-hydrogen) atoms. The van der Waals surface area contributed by atoms with Crippen molar-refractivity contribution in [2.45, 2.75) is 26.8 Å². The molecule has 0 spiro atoms. The van der Waals surface area contributed by atoms with Crippen molar-refractivity contribution in [3.63, 3.8) is 0 Å². The number of hydrogen-bond donors (Lipinski definition) is 2. The van der Waals surface area contributed by atoms with Crippen molar-refractivity contribution in [3.8, 4) is 0 Å². The van der Waals surface area contributed by atoms with E-state index < -0.39 is 5.41 Å². The highest BCUT2D eigenvalue weighted by Crippen LogP contribution is 2.36. The lowest BCUT2D eigenvalue weighted by atomic mass is 9.89. The van der Waals surface area contributed by atoms with Gasteiger partial charge in [-0.3, -0.25) is 4.79 Å². The van der Waals surface area contributed by atoms with Crippen molar-refractivity contribution in [2.75, 3.05) is 31.6 Å². The minimum absolute atomic E-state index is 0.0228. The van der Waals surface area contributed by atoms with Crippen LogP contribution in [0.4, 0.5) is 10.1 Å². The van der Waals surface area contributed by atoms with E-state index in [1.807, 2.05) is 24.8 Å². The van der Waals surface area contributed by atoms with Crippen LogP contribution in [0.25, 0.3) is 0 Å². The molecular formula is C16H24FN3O. The number of anilines is 1. The SMILES string of the molecule is CCNCc1cccc(F)c1N1CCC(C)(C(=O)NC)C1. The minimum atomic E-state index is -0.452. The third-order valence-corrected chi connectivity index (χ3v) is 4.20. The summed E-state index contributed by atoms with van der Waals surface area (Å²) in [6.07, 6.45) is 0.738. The van der Waals surface area contributed by atoms with Gasteiger partial charge >= 0.3 is 0 Å². The molecule has 2 N–H and O–H groups in total. The van der Waals surface area contributed by atoms with Crippen molar-refractivity contribution in [1.82, 2.24) is 10.6 Å². The van der Waals surface area contributed by atoms with E-state index in [2.05, 4.69) is 10.6 Å². The van der Waals surface area contributed by atoms with Gasteiger partial charge in [-0.1, -0.05) is 19.1 Å². The zero-order valence-corrected chi connectivity index (χ0v) is 13.0. The maximum absolute atomic E-state index is 14.3. The largest absolute Gasteiger partial charge is 0.368 e. The monoisotopic (exact) mass is 293 g/mol. The maximum Gasteiger partial charge on any atom is 0.227 e. The number of benzene rings is 1. The van der Waals surface area contributed by atoms with Crippen LogP contribution in [-0.2, 0) is 11.3 Å². The first-order chi connectivity index (χ1) is 10.0. The van der Waals surface area contributed by atoms with Crippen LogP contribution in [0.3, 0.4) is 0 Å². The molecule has 0 bridgehead atoms. The molecule has 0 radical (unpaired) electrons. The van der Waals surface area contributed by atoms with E-state index in [0.29, 0.717) is 25.3 Å². The third kappa shape index (κ3) is 3.18. The van der Waals surface area contributed by atoms with E-state index in [4.69, 9.17) is 0 Å². The van der Waals surface area contributed by atoms with Gasteiger partial charge in [-0.15, -0.1) is 0 Å². The van der Waals surface area contributed by atoms with Crippen LogP contribution in [0.5, 0.6) is 0 Å². The lowest BCUT2D eigenvalue weighted by Crippen LogP contribution is -2.39. The van der Waals surface area contributed by atoms with Crippen LogP contribution < -0.4 is 15.5 Å². The fourth-order valence-corrected chi connectivity index (χ4v) is 2.96. The van der Waals surface area contributed by atoms with Gasteiger partial charge in [0.05, 0.1) is 11.1 Å². The van der Waals surface area contributed by atoms with Gasteiger partial charge in [-0.05, 0) is 31.5 Å². The normalized spacial score (nSPS) is 21.6. The number of rotatable bonds is 5. The van der Waals surface area contributed by atoms with Gasteiger partial charge < -0.3 is 15.5 Å². The fraction of sp³-hybridized carbons (Fsp3) is 0.562. The number of carbonyl (C=O) groups excluding carboxylic acids is 1. The first kappa shape index (κ1) is 15.8. The van der Waals surface area contributed by atoms with E-state index in [0.717, 1.165) is 18.5 Å². The molecule has 0 aromatic heterocycles. The smallest absolute Gasteiger partial charge is 0.227 e. The van der Waals surface area contributed by atoms with Crippen molar-refractivity contribution < 1.29 is 9.18 Å². The van der Waals surface area contributed by atoms with E-state index in [1.54, 1.807) is 13.1 Å². The van der Waals surface area contributed by atoms with E-state index in [-0.39, 0.29) is 11.7 Å². The summed E-state index contributed by atoms with van der Waals surface area (Å²) in [5.41, 5.74) is 1.12. The summed E-state index contributed by atoms with van der Waals surface area (Å²) in [4.78, 5) is 14.0. The lowest BCUT2D eigenvalue weighted by Gasteiger charge is -2.26. The van der Waals surface area contributed by atoms with Crippen molar-refractivity contribution in [1.29, 1.82) is 0 Å². The second kappa shape index (κ2) is 6.43. The summed E-state index contributed by atoms with van der Waals surface area (Å²) >= 11 is 0. The standard InChI is InChI=1S/C16H24FN3O/c1-4-19-10-12-6-5-7-13(17)14(12)20-9-8-16(2,11-20)15(21)18-3/h5-7,19H,4,8-11H2,1-3H3,(H,18,21).